The lowest BCUT2D eigenvalue weighted by molar-refractivity contribution is -0.111. The number of morpholine rings is 1. The molecule has 0 saturated carbocycles. The van der Waals surface area contributed by atoms with E-state index >= 15 is 0 Å². The average molecular weight is 446 g/mol. The highest BCUT2D eigenvalue weighted by atomic mass is 16.5. The molecule has 2 aromatic carbocycles. The second kappa shape index (κ2) is 9.56. The fourth-order valence-electron chi connectivity index (χ4n) is 4.38. The SMILES string of the molecule is COc1cc2ncnc(N3CCc4ccccc43)c2cc1NC(=O)/C=C/CN1CCOCC1. The zero-order chi connectivity index (χ0) is 22.6. The maximum absolute atomic E-state index is 12.6. The molecular weight excluding hydrogens is 418 g/mol. The second-order valence-electron chi connectivity index (χ2n) is 8.10. The second-order valence-corrected chi connectivity index (χ2v) is 8.10. The number of nitrogens with one attached hydrogen (secondary N) is 1. The summed E-state index contributed by atoms with van der Waals surface area (Å²) in [6.07, 6.45) is 5.99. The summed E-state index contributed by atoms with van der Waals surface area (Å²) in [5.41, 5.74) is 3.82. The van der Waals surface area contributed by atoms with E-state index in [1.54, 1.807) is 19.5 Å². The van der Waals surface area contributed by atoms with E-state index in [4.69, 9.17) is 9.47 Å². The Kier molecular flexibility index (Phi) is 6.19. The molecule has 3 heterocycles. The van der Waals surface area contributed by atoms with Gasteiger partial charge in [-0.05, 0) is 24.1 Å². The number of carbonyl (C=O) groups is 1. The van der Waals surface area contributed by atoms with Crippen LogP contribution < -0.4 is 15.0 Å². The normalized spacial score (nSPS) is 16.3. The van der Waals surface area contributed by atoms with Gasteiger partial charge >= 0.3 is 0 Å². The summed E-state index contributed by atoms with van der Waals surface area (Å²) in [5, 5.41) is 3.82. The third kappa shape index (κ3) is 4.53. The largest absolute Gasteiger partial charge is 0.494 e. The van der Waals surface area contributed by atoms with Crippen LogP contribution in [-0.2, 0) is 16.0 Å². The molecule has 33 heavy (non-hydrogen) atoms. The van der Waals surface area contributed by atoms with Gasteiger partial charge < -0.3 is 19.7 Å². The van der Waals surface area contributed by atoms with Crippen molar-refractivity contribution in [2.45, 2.75) is 6.42 Å². The maximum atomic E-state index is 12.6. The van der Waals surface area contributed by atoms with Crippen LogP contribution in [0, 0.1) is 0 Å². The number of anilines is 3. The van der Waals surface area contributed by atoms with Crippen LogP contribution in [0.25, 0.3) is 10.9 Å². The van der Waals surface area contributed by atoms with E-state index in [0.717, 1.165) is 68.2 Å². The minimum Gasteiger partial charge on any atom is -0.494 e. The lowest BCUT2D eigenvalue weighted by Crippen LogP contribution is -2.36. The fourth-order valence-corrected chi connectivity index (χ4v) is 4.38. The first-order valence-corrected chi connectivity index (χ1v) is 11.2. The number of hydrogen-bond acceptors (Lipinski definition) is 7. The molecule has 8 nitrogen and oxygen atoms in total. The van der Waals surface area contributed by atoms with Crippen LogP contribution >= 0.6 is 0 Å². The van der Waals surface area contributed by atoms with Crippen molar-refractivity contribution in [1.82, 2.24) is 14.9 Å². The minimum atomic E-state index is -0.203. The van der Waals surface area contributed by atoms with Gasteiger partial charge in [0.1, 0.15) is 17.9 Å². The average Bonchev–Trinajstić information content (AvgIpc) is 3.28. The monoisotopic (exact) mass is 445 g/mol. The summed E-state index contributed by atoms with van der Waals surface area (Å²) >= 11 is 0. The Morgan fingerprint density at radius 2 is 2.03 bits per heavy atom. The molecule has 1 saturated heterocycles. The Morgan fingerprint density at radius 1 is 1.18 bits per heavy atom. The molecular formula is C25H27N5O3. The summed E-state index contributed by atoms with van der Waals surface area (Å²) in [6, 6.07) is 12.1. The van der Waals surface area contributed by atoms with Gasteiger partial charge in [-0.3, -0.25) is 9.69 Å². The van der Waals surface area contributed by atoms with Crippen LogP contribution in [0.4, 0.5) is 17.2 Å². The van der Waals surface area contributed by atoms with Gasteiger partial charge in [0, 0.05) is 49.4 Å². The number of amides is 1. The number of benzene rings is 2. The van der Waals surface area contributed by atoms with Gasteiger partial charge in [0.25, 0.3) is 0 Å². The van der Waals surface area contributed by atoms with Gasteiger partial charge in [-0.1, -0.05) is 24.3 Å². The number of aromatic nitrogens is 2. The molecule has 0 unspecified atom stereocenters. The highest BCUT2D eigenvalue weighted by Gasteiger charge is 2.23. The van der Waals surface area contributed by atoms with Crippen LogP contribution in [0.15, 0.2) is 54.9 Å². The predicted molar refractivity (Wildman–Crippen MR) is 128 cm³/mol. The molecule has 2 aliphatic heterocycles. The first kappa shape index (κ1) is 21.4. The van der Waals surface area contributed by atoms with Crippen LogP contribution in [0.3, 0.4) is 0 Å². The van der Waals surface area contributed by atoms with Crippen LogP contribution in [0.5, 0.6) is 5.75 Å². The lowest BCUT2D eigenvalue weighted by Gasteiger charge is -2.25. The van der Waals surface area contributed by atoms with Gasteiger partial charge in [-0.25, -0.2) is 9.97 Å². The van der Waals surface area contributed by atoms with E-state index in [-0.39, 0.29) is 5.91 Å². The number of para-hydroxylation sites is 1. The smallest absolute Gasteiger partial charge is 0.248 e. The molecule has 1 fully saturated rings. The zero-order valence-electron chi connectivity index (χ0n) is 18.7. The minimum absolute atomic E-state index is 0.203. The third-order valence-corrected chi connectivity index (χ3v) is 6.07. The summed E-state index contributed by atoms with van der Waals surface area (Å²) in [7, 11) is 1.59. The topological polar surface area (TPSA) is 79.8 Å². The van der Waals surface area contributed by atoms with Crippen molar-refractivity contribution in [3.63, 3.8) is 0 Å². The van der Waals surface area contributed by atoms with Crippen LogP contribution in [-0.4, -0.2) is 67.3 Å². The van der Waals surface area contributed by atoms with Crippen LogP contribution in [0.1, 0.15) is 5.56 Å². The first-order valence-electron chi connectivity index (χ1n) is 11.2. The standard InChI is InChI=1S/C25H27N5O3/c1-32-23-16-20-19(15-21(23)28-24(31)7-4-9-29-11-13-33-14-12-29)25(27-17-26-20)30-10-8-18-5-2-3-6-22(18)30/h2-7,15-17H,8-14H2,1H3,(H,28,31)/b7-4+. The molecule has 1 amide bonds. The van der Waals surface area contributed by atoms with Crippen molar-refractivity contribution in [2.24, 2.45) is 0 Å². The highest BCUT2D eigenvalue weighted by Crippen LogP contribution is 2.39. The van der Waals surface area contributed by atoms with E-state index in [1.807, 2.05) is 24.3 Å². The van der Waals surface area contributed by atoms with Gasteiger partial charge in [-0.15, -0.1) is 0 Å². The van der Waals surface area contributed by atoms with Gasteiger partial charge in [0.05, 0.1) is 31.5 Å². The molecule has 0 bridgehead atoms. The number of fused-ring (bicyclic) bond motifs is 2. The molecule has 0 atom stereocenters. The molecule has 170 valence electrons. The molecule has 1 N–H and O–H groups in total. The molecule has 2 aliphatic rings. The highest BCUT2D eigenvalue weighted by molar-refractivity contribution is 6.03. The lowest BCUT2D eigenvalue weighted by atomic mass is 10.1. The van der Waals surface area contributed by atoms with E-state index in [1.165, 1.54) is 5.56 Å². The molecule has 0 radical (unpaired) electrons. The molecule has 8 heteroatoms. The van der Waals surface area contributed by atoms with E-state index in [0.29, 0.717) is 11.4 Å². The molecule has 0 spiro atoms. The van der Waals surface area contributed by atoms with E-state index in [2.05, 4.69) is 43.3 Å². The summed E-state index contributed by atoms with van der Waals surface area (Å²) in [5.74, 6) is 1.18. The van der Waals surface area contributed by atoms with Crippen molar-refractivity contribution in [2.75, 3.05) is 56.7 Å². The number of nitrogens with zero attached hydrogens (tertiary/aromatic N) is 4. The zero-order valence-corrected chi connectivity index (χ0v) is 18.7. The Hall–Kier alpha value is -3.49. The van der Waals surface area contributed by atoms with Crippen molar-refractivity contribution in [3.05, 3.63) is 60.4 Å². The van der Waals surface area contributed by atoms with Gasteiger partial charge in [-0.2, -0.15) is 0 Å². The molecule has 3 aromatic rings. The number of methoxy groups -OCH3 is 1. The number of ether oxygens (including phenoxy) is 2. The van der Waals surface area contributed by atoms with Crippen LogP contribution in [0.2, 0.25) is 0 Å². The Morgan fingerprint density at radius 3 is 2.88 bits per heavy atom. The number of rotatable bonds is 6. The quantitative estimate of drug-likeness (QED) is 0.584. The van der Waals surface area contributed by atoms with E-state index < -0.39 is 0 Å². The van der Waals surface area contributed by atoms with Crippen molar-refractivity contribution >= 4 is 34.0 Å². The third-order valence-electron chi connectivity index (χ3n) is 6.07. The molecule has 0 aliphatic carbocycles. The van der Waals surface area contributed by atoms with Crippen molar-refractivity contribution < 1.29 is 14.3 Å². The number of hydrogen-bond donors (Lipinski definition) is 1. The number of carbonyl (C=O) groups excluding carboxylic acids is 1. The summed E-state index contributed by atoms with van der Waals surface area (Å²) < 4.78 is 10.9. The Labute approximate surface area is 192 Å². The van der Waals surface area contributed by atoms with Gasteiger partial charge in [0.2, 0.25) is 5.91 Å². The predicted octanol–water partition coefficient (Wildman–Crippen LogP) is 3.16. The molecule has 5 rings (SSSR count). The fraction of sp³-hybridized carbons (Fsp3) is 0.320. The summed E-state index contributed by atoms with van der Waals surface area (Å²) in [6.45, 7) is 4.81. The van der Waals surface area contributed by atoms with E-state index in [9.17, 15) is 4.79 Å². The summed E-state index contributed by atoms with van der Waals surface area (Å²) in [4.78, 5) is 26.1. The molecule has 1 aromatic heterocycles. The Balaban J connectivity index is 1.40. The Bertz CT molecular complexity index is 1190. The van der Waals surface area contributed by atoms with Crippen molar-refractivity contribution in [3.8, 4) is 5.75 Å². The maximum Gasteiger partial charge on any atom is 0.248 e. The first-order chi connectivity index (χ1) is 16.2. The van der Waals surface area contributed by atoms with Crippen molar-refractivity contribution in [1.29, 1.82) is 0 Å². The van der Waals surface area contributed by atoms with Gasteiger partial charge in [0.15, 0.2) is 0 Å².